The number of nitrogens with zero attached hydrogens (tertiary/aromatic N) is 5. The molecule has 2 atom stereocenters. The summed E-state index contributed by atoms with van der Waals surface area (Å²) in [6.45, 7) is 11.8. The molecule has 0 spiro atoms. The van der Waals surface area contributed by atoms with Crippen molar-refractivity contribution >= 4 is 22.3 Å². The lowest BCUT2D eigenvalue weighted by molar-refractivity contribution is 0.123. The van der Waals surface area contributed by atoms with Crippen LogP contribution < -0.4 is 15.1 Å². The molecule has 0 aliphatic carbocycles. The average Bonchev–Trinajstić information content (AvgIpc) is 2.86. The van der Waals surface area contributed by atoms with Crippen LogP contribution in [0.4, 0.5) is 11.4 Å². The molecule has 2 fully saturated rings. The van der Waals surface area contributed by atoms with Gasteiger partial charge in [-0.3, -0.25) is 9.88 Å². The summed E-state index contributed by atoms with van der Waals surface area (Å²) in [6.07, 6.45) is 1.77. The van der Waals surface area contributed by atoms with E-state index in [4.69, 9.17) is 0 Å². The van der Waals surface area contributed by atoms with Crippen LogP contribution in [0, 0.1) is 11.3 Å². The molecule has 0 amide bonds. The third-order valence-corrected chi connectivity index (χ3v) is 7.09. The van der Waals surface area contributed by atoms with Crippen molar-refractivity contribution < 1.29 is 0 Å². The number of hydrogen-bond acceptors (Lipinski definition) is 6. The zero-order valence-corrected chi connectivity index (χ0v) is 19.5. The van der Waals surface area contributed by atoms with Crippen molar-refractivity contribution in [2.24, 2.45) is 0 Å². The van der Waals surface area contributed by atoms with E-state index in [0.717, 1.165) is 56.7 Å². The fourth-order valence-corrected chi connectivity index (χ4v) is 5.33. The first-order chi connectivity index (χ1) is 16.1. The van der Waals surface area contributed by atoms with Crippen molar-refractivity contribution in [1.29, 1.82) is 5.26 Å². The summed E-state index contributed by atoms with van der Waals surface area (Å²) in [5, 5.41) is 14.0. The van der Waals surface area contributed by atoms with Crippen LogP contribution in [0.15, 0.2) is 54.7 Å². The van der Waals surface area contributed by atoms with Gasteiger partial charge in [-0.15, -0.1) is 0 Å². The van der Waals surface area contributed by atoms with Gasteiger partial charge in [-0.25, -0.2) is 0 Å². The van der Waals surface area contributed by atoms with Crippen molar-refractivity contribution in [1.82, 2.24) is 15.2 Å². The standard InChI is InChI=1S/C27H32N6/c1-20-17-32(26-10-7-23(16-28)27-25(26)4-3-11-30-27)18-21(2)33(20)19-22-5-8-24(9-6-22)31-14-12-29-13-15-31/h3-11,20-21,29H,12-15,17-19H2,1-2H3/t20-,21+. The summed E-state index contributed by atoms with van der Waals surface area (Å²) >= 11 is 0. The second kappa shape index (κ2) is 9.38. The predicted molar refractivity (Wildman–Crippen MR) is 135 cm³/mol. The molecule has 5 rings (SSSR count). The number of rotatable bonds is 4. The number of aromatic nitrogens is 1. The van der Waals surface area contributed by atoms with Gasteiger partial charge in [0.1, 0.15) is 6.07 Å². The highest BCUT2D eigenvalue weighted by Crippen LogP contribution is 2.31. The highest BCUT2D eigenvalue weighted by molar-refractivity contribution is 5.95. The van der Waals surface area contributed by atoms with Crippen molar-refractivity contribution in [2.75, 3.05) is 49.1 Å². The van der Waals surface area contributed by atoms with E-state index in [0.29, 0.717) is 17.6 Å². The minimum absolute atomic E-state index is 0.420. The molecule has 170 valence electrons. The summed E-state index contributed by atoms with van der Waals surface area (Å²) in [4.78, 5) is 12.0. The van der Waals surface area contributed by atoms with Crippen molar-refractivity contribution in [3.63, 3.8) is 0 Å². The van der Waals surface area contributed by atoms with Crippen LogP contribution in [-0.4, -0.2) is 61.2 Å². The third kappa shape index (κ3) is 4.39. The lowest BCUT2D eigenvalue weighted by atomic mass is 10.0. The van der Waals surface area contributed by atoms with E-state index < -0.39 is 0 Å². The Bertz CT molecular complexity index is 1130. The maximum atomic E-state index is 9.47. The molecular weight excluding hydrogens is 408 g/mol. The molecule has 1 aromatic heterocycles. The van der Waals surface area contributed by atoms with E-state index >= 15 is 0 Å². The Morgan fingerprint density at radius 1 is 0.970 bits per heavy atom. The summed E-state index contributed by atoms with van der Waals surface area (Å²) in [6, 6.07) is 20.3. The average molecular weight is 441 g/mol. The van der Waals surface area contributed by atoms with Gasteiger partial charge in [-0.1, -0.05) is 12.1 Å². The number of fused-ring (bicyclic) bond motifs is 1. The molecule has 3 heterocycles. The number of nitriles is 1. The Kier molecular flexibility index (Phi) is 6.17. The molecule has 0 saturated carbocycles. The van der Waals surface area contributed by atoms with Crippen molar-refractivity contribution in [3.05, 3.63) is 65.9 Å². The molecule has 0 radical (unpaired) electrons. The maximum absolute atomic E-state index is 9.47. The molecule has 33 heavy (non-hydrogen) atoms. The van der Waals surface area contributed by atoms with E-state index in [1.165, 1.54) is 16.9 Å². The van der Waals surface area contributed by atoms with E-state index in [-0.39, 0.29) is 0 Å². The van der Waals surface area contributed by atoms with Crippen LogP contribution in [0.5, 0.6) is 0 Å². The largest absolute Gasteiger partial charge is 0.369 e. The fraction of sp³-hybridized carbons (Fsp3) is 0.407. The quantitative estimate of drug-likeness (QED) is 0.669. The summed E-state index contributed by atoms with van der Waals surface area (Å²) in [5.74, 6) is 0. The van der Waals surface area contributed by atoms with Gasteiger partial charge in [0.25, 0.3) is 0 Å². The smallest absolute Gasteiger partial charge is 0.101 e. The van der Waals surface area contributed by atoms with E-state index in [1.54, 1.807) is 6.20 Å². The zero-order valence-electron chi connectivity index (χ0n) is 19.5. The molecule has 2 saturated heterocycles. The number of benzene rings is 2. The van der Waals surface area contributed by atoms with Gasteiger partial charge in [0, 0.05) is 80.9 Å². The minimum Gasteiger partial charge on any atom is -0.369 e. The molecule has 3 aromatic rings. The molecule has 2 aliphatic rings. The van der Waals surface area contributed by atoms with Crippen LogP contribution in [0.1, 0.15) is 25.0 Å². The highest BCUT2D eigenvalue weighted by atomic mass is 15.3. The van der Waals surface area contributed by atoms with Crippen molar-refractivity contribution in [3.8, 4) is 6.07 Å². The zero-order chi connectivity index (χ0) is 22.8. The van der Waals surface area contributed by atoms with Gasteiger partial charge in [0.05, 0.1) is 11.1 Å². The normalized spacial score (nSPS) is 21.8. The van der Waals surface area contributed by atoms with Crippen LogP contribution in [0.25, 0.3) is 10.9 Å². The maximum Gasteiger partial charge on any atom is 0.101 e. The van der Waals surface area contributed by atoms with Crippen LogP contribution in [0.3, 0.4) is 0 Å². The number of hydrogen-bond donors (Lipinski definition) is 1. The molecule has 2 aromatic carbocycles. The molecular formula is C27H32N6. The van der Waals surface area contributed by atoms with Gasteiger partial charge in [-0.2, -0.15) is 5.26 Å². The number of anilines is 2. The van der Waals surface area contributed by atoms with Gasteiger partial charge in [0.2, 0.25) is 0 Å². The third-order valence-electron chi connectivity index (χ3n) is 7.09. The van der Waals surface area contributed by atoms with Crippen molar-refractivity contribution in [2.45, 2.75) is 32.5 Å². The molecule has 0 unspecified atom stereocenters. The first-order valence-corrected chi connectivity index (χ1v) is 12.0. The molecule has 6 nitrogen and oxygen atoms in total. The fourth-order valence-electron chi connectivity index (χ4n) is 5.33. The van der Waals surface area contributed by atoms with Crippen LogP contribution >= 0.6 is 0 Å². The Hall–Kier alpha value is -3.14. The second-order valence-electron chi connectivity index (χ2n) is 9.32. The van der Waals surface area contributed by atoms with Gasteiger partial charge in [-0.05, 0) is 55.8 Å². The Morgan fingerprint density at radius 2 is 1.70 bits per heavy atom. The topological polar surface area (TPSA) is 58.4 Å². The van der Waals surface area contributed by atoms with E-state index in [9.17, 15) is 5.26 Å². The summed E-state index contributed by atoms with van der Waals surface area (Å²) in [7, 11) is 0. The number of piperazine rings is 2. The first-order valence-electron chi connectivity index (χ1n) is 12.0. The molecule has 1 N–H and O–H groups in total. The van der Waals surface area contributed by atoms with Crippen LogP contribution in [0.2, 0.25) is 0 Å². The van der Waals surface area contributed by atoms with E-state index in [2.05, 4.69) is 81.3 Å². The molecule has 2 aliphatic heterocycles. The lowest BCUT2D eigenvalue weighted by Crippen LogP contribution is -2.56. The second-order valence-corrected chi connectivity index (χ2v) is 9.32. The van der Waals surface area contributed by atoms with Gasteiger partial charge < -0.3 is 15.1 Å². The first kappa shape index (κ1) is 21.7. The SMILES string of the molecule is C[C@@H]1CN(c2ccc(C#N)c3ncccc23)C[C@H](C)N1Cc1ccc(N2CCNCC2)cc1. The van der Waals surface area contributed by atoms with Gasteiger partial charge >= 0.3 is 0 Å². The number of nitrogens with one attached hydrogen (secondary N) is 1. The molecule has 6 heteroatoms. The minimum atomic E-state index is 0.420. The monoisotopic (exact) mass is 440 g/mol. The Labute approximate surface area is 196 Å². The highest BCUT2D eigenvalue weighted by Gasteiger charge is 2.30. The molecule has 0 bridgehead atoms. The summed E-state index contributed by atoms with van der Waals surface area (Å²) < 4.78 is 0. The van der Waals surface area contributed by atoms with Gasteiger partial charge in [0.15, 0.2) is 0 Å². The lowest BCUT2D eigenvalue weighted by Gasteiger charge is -2.45. The Balaban J connectivity index is 1.30. The van der Waals surface area contributed by atoms with Crippen LogP contribution in [-0.2, 0) is 6.54 Å². The number of pyridine rings is 1. The Morgan fingerprint density at radius 3 is 2.39 bits per heavy atom. The predicted octanol–water partition coefficient (Wildman–Crippen LogP) is 3.62. The summed E-state index contributed by atoms with van der Waals surface area (Å²) in [5.41, 5.74) is 5.31. The van der Waals surface area contributed by atoms with E-state index in [1.807, 2.05) is 12.1 Å².